The Hall–Kier alpha value is -2.73. The summed E-state index contributed by atoms with van der Waals surface area (Å²) in [4.78, 5) is 60.4. The third kappa shape index (κ3) is 7.02. The monoisotopic (exact) mass is 549 g/mol. The van der Waals surface area contributed by atoms with Gasteiger partial charge in [0.25, 0.3) is 11.8 Å². The van der Waals surface area contributed by atoms with Crippen LogP contribution in [0, 0.1) is 12.8 Å². The molecule has 2 aliphatic heterocycles. The number of hydrogen-bond donors (Lipinski definition) is 2. The number of aryl methyl sites for hydroxylation is 1. The fraction of sp³-hybridized carbons (Fsp3) is 0.731. The van der Waals surface area contributed by atoms with Gasteiger partial charge in [-0.1, -0.05) is 13.8 Å². The third-order valence-electron chi connectivity index (χ3n) is 7.14. The molecule has 210 valence electrons. The summed E-state index contributed by atoms with van der Waals surface area (Å²) in [7, 11) is 0. The summed E-state index contributed by atoms with van der Waals surface area (Å²) in [5.41, 5.74) is -0.167. The van der Waals surface area contributed by atoms with Crippen molar-refractivity contribution in [3.63, 3.8) is 0 Å². The van der Waals surface area contributed by atoms with Gasteiger partial charge in [0, 0.05) is 25.2 Å². The van der Waals surface area contributed by atoms with Crippen LogP contribution in [-0.4, -0.2) is 95.5 Å². The fourth-order valence-corrected chi connectivity index (χ4v) is 5.63. The van der Waals surface area contributed by atoms with Crippen molar-refractivity contribution in [2.75, 3.05) is 39.5 Å². The lowest BCUT2D eigenvalue weighted by molar-refractivity contribution is -0.147. The number of morpholine rings is 1. The van der Waals surface area contributed by atoms with Crippen LogP contribution in [0.3, 0.4) is 0 Å². The van der Waals surface area contributed by atoms with E-state index in [-0.39, 0.29) is 46.5 Å². The molecule has 1 aromatic rings. The number of thiazole rings is 1. The van der Waals surface area contributed by atoms with Gasteiger partial charge < -0.3 is 29.9 Å². The van der Waals surface area contributed by atoms with Crippen LogP contribution in [0.1, 0.15) is 67.6 Å². The Morgan fingerprint density at radius 3 is 2.55 bits per heavy atom. The minimum absolute atomic E-state index is 0.0547. The van der Waals surface area contributed by atoms with Gasteiger partial charge in [-0.15, -0.1) is 11.3 Å². The molecule has 1 aliphatic carbocycles. The smallest absolute Gasteiger partial charge is 0.267 e. The number of carbonyl (C=O) groups is 4. The first-order valence-corrected chi connectivity index (χ1v) is 14.3. The quantitative estimate of drug-likeness (QED) is 0.452. The highest BCUT2D eigenvalue weighted by Gasteiger charge is 2.41. The number of amides is 4. The molecule has 1 aromatic heterocycles. The number of ether oxygens (including phenoxy) is 2. The van der Waals surface area contributed by atoms with Crippen LogP contribution in [0.5, 0.6) is 5.88 Å². The first-order chi connectivity index (χ1) is 18.1. The van der Waals surface area contributed by atoms with Gasteiger partial charge in [0.15, 0.2) is 11.5 Å². The summed E-state index contributed by atoms with van der Waals surface area (Å²) in [6, 6.07) is -1.32. The van der Waals surface area contributed by atoms with Crippen LogP contribution < -0.4 is 15.4 Å². The van der Waals surface area contributed by atoms with Crippen molar-refractivity contribution >= 4 is 35.0 Å². The van der Waals surface area contributed by atoms with Crippen molar-refractivity contribution < 1.29 is 28.7 Å². The maximum absolute atomic E-state index is 13.7. The zero-order valence-electron chi connectivity index (χ0n) is 22.7. The lowest BCUT2D eigenvalue weighted by Crippen LogP contribution is -2.55. The van der Waals surface area contributed by atoms with Crippen molar-refractivity contribution in [2.24, 2.45) is 5.92 Å². The molecule has 1 saturated carbocycles. The van der Waals surface area contributed by atoms with E-state index in [4.69, 9.17) is 9.47 Å². The Balaban J connectivity index is 1.43. The number of hydrogen-bond acceptors (Lipinski definition) is 8. The minimum atomic E-state index is -0.797. The molecule has 0 radical (unpaired) electrons. The third-order valence-corrected chi connectivity index (χ3v) is 8.10. The lowest BCUT2D eigenvalue weighted by Gasteiger charge is -2.34. The molecular weight excluding hydrogens is 510 g/mol. The van der Waals surface area contributed by atoms with Crippen molar-refractivity contribution in [2.45, 2.75) is 77.4 Å². The maximum atomic E-state index is 13.7. The Morgan fingerprint density at radius 2 is 1.89 bits per heavy atom. The molecule has 0 bridgehead atoms. The van der Waals surface area contributed by atoms with E-state index in [9.17, 15) is 19.2 Å². The Labute approximate surface area is 227 Å². The Kier molecular flexibility index (Phi) is 8.92. The number of likely N-dealkylation sites (tertiary alicyclic amines) is 1. The van der Waals surface area contributed by atoms with Crippen molar-refractivity contribution in [1.82, 2.24) is 25.4 Å². The second-order valence-corrected chi connectivity index (χ2v) is 12.3. The van der Waals surface area contributed by atoms with E-state index in [2.05, 4.69) is 15.6 Å². The van der Waals surface area contributed by atoms with E-state index in [1.54, 1.807) is 16.7 Å². The summed E-state index contributed by atoms with van der Waals surface area (Å²) in [5.74, 6) is -0.836. The Morgan fingerprint density at radius 1 is 1.18 bits per heavy atom. The largest absolute Gasteiger partial charge is 0.466 e. The van der Waals surface area contributed by atoms with E-state index in [1.165, 1.54) is 0 Å². The van der Waals surface area contributed by atoms with Gasteiger partial charge in [-0.3, -0.25) is 19.2 Å². The average molecular weight is 550 g/mol. The fourth-order valence-electron chi connectivity index (χ4n) is 4.87. The van der Waals surface area contributed by atoms with E-state index in [0.717, 1.165) is 30.6 Å². The minimum Gasteiger partial charge on any atom is -0.466 e. The number of rotatable bonds is 10. The molecule has 2 saturated heterocycles. The van der Waals surface area contributed by atoms with Gasteiger partial charge in [0.05, 0.1) is 18.2 Å². The normalized spacial score (nSPS) is 21.2. The summed E-state index contributed by atoms with van der Waals surface area (Å²) < 4.78 is 11.0. The number of carbonyl (C=O) groups excluding carboxylic acids is 4. The molecule has 0 unspecified atom stereocenters. The molecule has 4 rings (SSSR count). The topological polar surface area (TPSA) is 130 Å². The van der Waals surface area contributed by atoms with Gasteiger partial charge in [0.2, 0.25) is 17.7 Å². The van der Waals surface area contributed by atoms with Gasteiger partial charge in [-0.2, -0.15) is 0 Å². The first-order valence-electron chi connectivity index (χ1n) is 13.5. The highest BCUT2D eigenvalue weighted by Crippen LogP contribution is 2.34. The van der Waals surface area contributed by atoms with Gasteiger partial charge in [-0.25, -0.2) is 4.98 Å². The molecule has 12 heteroatoms. The van der Waals surface area contributed by atoms with Gasteiger partial charge >= 0.3 is 0 Å². The van der Waals surface area contributed by atoms with Gasteiger partial charge in [0.1, 0.15) is 12.1 Å². The van der Waals surface area contributed by atoms with Crippen LogP contribution in [0.4, 0.5) is 0 Å². The summed E-state index contributed by atoms with van der Waals surface area (Å²) in [6.45, 7) is 9.97. The molecule has 2 atom stereocenters. The van der Waals surface area contributed by atoms with Crippen LogP contribution >= 0.6 is 11.3 Å². The zero-order chi connectivity index (χ0) is 27.4. The molecule has 0 aromatic carbocycles. The second-order valence-electron chi connectivity index (χ2n) is 11.0. The maximum Gasteiger partial charge on any atom is 0.267 e. The molecule has 3 heterocycles. The average Bonchev–Trinajstić information content (AvgIpc) is 3.26. The van der Waals surface area contributed by atoms with E-state index < -0.39 is 18.0 Å². The highest BCUT2D eigenvalue weighted by atomic mass is 32.1. The summed E-state index contributed by atoms with van der Waals surface area (Å²) in [5, 5.41) is 6.41. The highest BCUT2D eigenvalue weighted by molar-refractivity contribution is 7.13. The number of aromatic nitrogens is 1. The molecule has 4 amide bonds. The van der Waals surface area contributed by atoms with Crippen molar-refractivity contribution in [3.05, 3.63) is 9.88 Å². The van der Waals surface area contributed by atoms with Crippen molar-refractivity contribution in [1.29, 1.82) is 0 Å². The second kappa shape index (κ2) is 12.0. The molecule has 11 nitrogen and oxygen atoms in total. The SMILES string of the molecule is Cc1nc(OCC(=O)NC2(C)CC2)c(C(=O)N[C@H](CC(C)C)C(=O)N2CCC[C@@H]2C(=O)N2CCOCC2)s1. The molecule has 3 fully saturated rings. The van der Waals surface area contributed by atoms with Crippen LogP contribution in [0.15, 0.2) is 0 Å². The van der Waals surface area contributed by atoms with Crippen LogP contribution in [-0.2, 0) is 19.1 Å². The first kappa shape index (κ1) is 28.3. The van der Waals surface area contributed by atoms with Gasteiger partial charge in [-0.05, 0) is 51.9 Å². The summed E-state index contributed by atoms with van der Waals surface area (Å²) >= 11 is 1.15. The molecule has 0 spiro atoms. The molecule has 2 N–H and O–H groups in total. The standard InChI is InChI=1S/C26H39N5O6S/c1-16(2)14-18(24(34)31-9-5-6-19(31)25(35)30-10-12-36-13-11-30)28-22(33)21-23(27-17(3)38-21)37-15-20(32)29-26(4)7-8-26/h16,18-19H,5-15H2,1-4H3,(H,28,33)(H,29,32)/t18-,19-/m1/s1. The number of nitrogens with one attached hydrogen (secondary N) is 2. The van der Waals surface area contributed by atoms with Crippen LogP contribution in [0.25, 0.3) is 0 Å². The zero-order valence-corrected chi connectivity index (χ0v) is 23.5. The lowest BCUT2D eigenvalue weighted by atomic mass is 10.0. The van der Waals surface area contributed by atoms with Crippen molar-refractivity contribution in [3.8, 4) is 5.88 Å². The molecular formula is C26H39N5O6S. The summed E-state index contributed by atoms with van der Waals surface area (Å²) in [6.07, 6.45) is 3.64. The van der Waals surface area contributed by atoms with E-state index in [0.29, 0.717) is 50.7 Å². The van der Waals surface area contributed by atoms with E-state index in [1.807, 2.05) is 20.8 Å². The van der Waals surface area contributed by atoms with Crippen LogP contribution in [0.2, 0.25) is 0 Å². The number of nitrogens with zero attached hydrogens (tertiary/aromatic N) is 3. The molecule has 3 aliphatic rings. The Bertz CT molecular complexity index is 1050. The van der Waals surface area contributed by atoms with E-state index >= 15 is 0 Å². The predicted octanol–water partition coefficient (Wildman–Crippen LogP) is 1.49. The predicted molar refractivity (Wildman–Crippen MR) is 141 cm³/mol. The molecule has 38 heavy (non-hydrogen) atoms.